The highest BCUT2D eigenvalue weighted by Crippen LogP contribution is 2.26. The predicted octanol–water partition coefficient (Wildman–Crippen LogP) is 2.74. The molecular weight excluding hydrogens is 368 g/mol. The van der Waals surface area contributed by atoms with Crippen molar-refractivity contribution in [1.29, 1.82) is 0 Å². The largest absolute Gasteiger partial charge is 0.372 e. The van der Waals surface area contributed by atoms with Gasteiger partial charge in [-0.15, -0.1) is 0 Å². The van der Waals surface area contributed by atoms with E-state index >= 15 is 0 Å². The van der Waals surface area contributed by atoms with E-state index in [4.69, 9.17) is 11.6 Å². The predicted molar refractivity (Wildman–Crippen MR) is 81.5 cm³/mol. The van der Waals surface area contributed by atoms with Crippen LogP contribution < -0.4 is 10.0 Å². The minimum atomic E-state index is -3.85. The van der Waals surface area contributed by atoms with E-state index < -0.39 is 10.0 Å². The third-order valence-corrected chi connectivity index (χ3v) is 4.43. The Morgan fingerprint density at radius 1 is 1.30 bits per heavy atom. The van der Waals surface area contributed by atoms with Crippen LogP contribution in [-0.2, 0) is 10.0 Å². The van der Waals surface area contributed by atoms with Crippen LogP contribution in [0.4, 0.5) is 11.6 Å². The van der Waals surface area contributed by atoms with Crippen LogP contribution in [0, 0.1) is 0 Å². The van der Waals surface area contributed by atoms with Gasteiger partial charge >= 0.3 is 0 Å². The molecule has 0 spiro atoms. The van der Waals surface area contributed by atoms with Crippen molar-refractivity contribution in [2.45, 2.75) is 4.90 Å². The number of nitrogens with zero attached hydrogens (tertiary/aromatic N) is 2. The first-order valence-corrected chi connectivity index (χ1v) is 8.06. The van der Waals surface area contributed by atoms with Crippen molar-refractivity contribution in [2.24, 2.45) is 0 Å². The smallest absolute Gasteiger partial charge is 0.266 e. The fourth-order valence-corrected chi connectivity index (χ4v) is 3.38. The lowest BCUT2D eigenvalue weighted by molar-refractivity contribution is 0.601. The van der Waals surface area contributed by atoms with Gasteiger partial charge in [-0.25, -0.2) is 18.4 Å². The Morgan fingerprint density at radius 3 is 2.70 bits per heavy atom. The number of anilines is 2. The van der Waals surface area contributed by atoms with E-state index in [0.717, 1.165) is 0 Å². The molecule has 0 aliphatic carbocycles. The normalized spacial score (nSPS) is 11.2. The van der Waals surface area contributed by atoms with Gasteiger partial charge in [0, 0.05) is 23.9 Å². The van der Waals surface area contributed by atoms with Crippen LogP contribution in [-0.4, -0.2) is 25.4 Å². The van der Waals surface area contributed by atoms with Crippen molar-refractivity contribution in [3.63, 3.8) is 0 Å². The lowest BCUT2D eigenvalue weighted by atomic mass is 10.4. The maximum absolute atomic E-state index is 12.4. The molecule has 0 amide bonds. The van der Waals surface area contributed by atoms with Crippen molar-refractivity contribution < 1.29 is 8.42 Å². The molecule has 0 unspecified atom stereocenters. The molecule has 0 saturated carbocycles. The molecule has 0 aromatic carbocycles. The first-order valence-electron chi connectivity index (χ1n) is 5.40. The second-order valence-electron chi connectivity index (χ2n) is 3.69. The average Bonchev–Trinajstić information content (AvgIpc) is 2.41. The zero-order valence-electron chi connectivity index (χ0n) is 10.3. The Hall–Kier alpha value is -1.38. The van der Waals surface area contributed by atoms with Gasteiger partial charge in [0.1, 0.15) is 10.7 Å². The molecule has 6 nitrogen and oxygen atoms in total. The van der Waals surface area contributed by atoms with Gasteiger partial charge in [0.2, 0.25) is 0 Å². The van der Waals surface area contributed by atoms with Gasteiger partial charge in [-0.2, -0.15) is 0 Å². The summed E-state index contributed by atoms with van der Waals surface area (Å²) in [4.78, 5) is 7.89. The summed E-state index contributed by atoms with van der Waals surface area (Å²) in [5, 5.41) is 2.94. The van der Waals surface area contributed by atoms with Crippen molar-refractivity contribution in [3.05, 3.63) is 40.1 Å². The van der Waals surface area contributed by atoms with Gasteiger partial charge in [0.15, 0.2) is 5.82 Å². The van der Waals surface area contributed by atoms with Crippen molar-refractivity contribution in [1.82, 2.24) is 9.97 Å². The number of hydrogen-bond acceptors (Lipinski definition) is 5. The summed E-state index contributed by atoms with van der Waals surface area (Å²) in [5.41, 5.74) is 0. The number of rotatable bonds is 4. The van der Waals surface area contributed by atoms with E-state index in [-0.39, 0.29) is 21.6 Å². The zero-order chi connectivity index (χ0) is 14.8. The highest BCUT2D eigenvalue weighted by Gasteiger charge is 2.21. The van der Waals surface area contributed by atoms with Crippen LogP contribution in [0.5, 0.6) is 0 Å². The van der Waals surface area contributed by atoms with Crippen LogP contribution in [0.15, 0.2) is 40.0 Å². The zero-order valence-corrected chi connectivity index (χ0v) is 13.4. The van der Waals surface area contributed by atoms with Crippen molar-refractivity contribution in [2.75, 3.05) is 17.1 Å². The third-order valence-electron chi connectivity index (χ3n) is 2.34. The average molecular weight is 378 g/mol. The summed E-state index contributed by atoms with van der Waals surface area (Å²) in [6.07, 6.45) is 2.94. The third kappa shape index (κ3) is 3.20. The maximum atomic E-state index is 12.4. The molecule has 0 saturated heterocycles. The number of sulfonamides is 1. The maximum Gasteiger partial charge on any atom is 0.266 e. The molecule has 2 aromatic heterocycles. The highest BCUT2D eigenvalue weighted by molar-refractivity contribution is 9.10. The highest BCUT2D eigenvalue weighted by atomic mass is 79.9. The van der Waals surface area contributed by atoms with Gasteiger partial charge in [-0.3, -0.25) is 4.72 Å². The van der Waals surface area contributed by atoms with Gasteiger partial charge in [0.25, 0.3) is 10.0 Å². The monoisotopic (exact) mass is 376 g/mol. The molecule has 2 rings (SSSR count). The standard InChI is InChI=1S/C11H10BrClN4O2S/c1-14-11-9(5-7(12)6-16-11)20(18,19)17-10-8(13)3-2-4-15-10/h2-6H,1H3,(H,14,16)(H,15,17). The van der Waals surface area contributed by atoms with E-state index in [9.17, 15) is 8.42 Å². The number of halogens is 2. The fourth-order valence-electron chi connectivity index (χ4n) is 1.46. The summed E-state index contributed by atoms with van der Waals surface area (Å²) in [6.45, 7) is 0. The first-order chi connectivity index (χ1) is 9.44. The SMILES string of the molecule is CNc1ncc(Br)cc1S(=O)(=O)Nc1ncccc1Cl. The molecule has 0 bridgehead atoms. The second-order valence-corrected chi connectivity index (χ2v) is 6.66. The molecule has 2 N–H and O–H groups in total. The van der Waals surface area contributed by atoms with E-state index in [0.29, 0.717) is 4.47 Å². The van der Waals surface area contributed by atoms with Crippen LogP contribution in [0.25, 0.3) is 0 Å². The Labute approximate surface area is 129 Å². The molecule has 9 heteroatoms. The van der Waals surface area contributed by atoms with E-state index in [2.05, 4.69) is 35.9 Å². The summed E-state index contributed by atoms with van der Waals surface area (Å²) in [7, 11) is -2.27. The van der Waals surface area contributed by atoms with Crippen LogP contribution in [0.3, 0.4) is 0 Å². The number of nitrogens with one attached hydrogen (secondary N) is 2. The minimum absolute atomic E-state index is 0.00362. The lowest BCUT2D eigenvalue weighted by Crippen LogP contribution is -2.16. The molecule has 2 heterocycles. The summed E-state index contributed by atoms with van der Waals surface area (Å²) < 4.78 is 27.6. The summed E-state index contributed by atoms with van der Waals surface area (Å²) >= 11 is 9.09. The quantitative estimate of drug-likeness (QED) is 0.856. The first kappa shape index (κ1) is 15.0. The van der Waals surface area contributed by atoms with E-state index in [1.165, 1.54) is 18.5 Å². The Kier molecular flexibility index (Phi) is 4.46. The Morgan fingerprint density at radius 2 is 2.05 bits per heavy atom. The summed E-state index contributed by atoms with van der Waals surface area (Å²) in [6, 6.07) is 4.60. The molecule has 0 atom stereocenters. The van der Waals surface area contributed by atoms with Crippen molar-refractivity contribution >= 4 is 49.2 Å². The molecular formula is C11H10BrClN4O2S. The molecule has 106 valence electrons. The minimum Gasteiger partial charge on any atom is -0.372 e. The van der Waals surface area contributed by atoms with Gasteiger partial charge in [0.05, 0.1) is 5.02 Å². The topological polar surface area (TPSA) is 84.0 Å². The Bertz CT molecular complexity index is 739. The van der Waals surface area contributed by atoms with Gasteiger partial charge < -0.3 is 5.32 Å². The summed E-state index contributed by atoms with van der Waals surface area (Å²) in [5.74, 6) is 0.295. The van der Waals surface area contributed by atoms with Gasteiger partial charge in [-0.1, -0.05) is 11.6 Å². The lowest BCUT2D eigenvalue weighted by Gasteiger charge is -2.11. The van der Waals surface area contributed by atoms with Crippen molar-refractivity contribution in [3.8, 4) is 0 Å². The molecule has 0 aliphatic rings. The number of hydrogen-bond donors (Lipinski definition) is 2. The van der Waals surface area contributed by atoms with E-state index in [1.807, 2.05) is 0 Å². The molecule has 2 aromatic rings. The molecule has 20 heavy (non-hydrogen) atoms. The van der Waals surface area contributed by atoms with Gasteiger partial charge in [-0.05, 0) is 34.1 Å². The van der Waals surface area contributed by atoms with Crippen LogP contribution in [0.1, 0.15) is 0 Å². The Balaban J connectivity index is 2.46. The van der Waals surface area contributed by atoms with E-state index in [1.54, 1.807) is 19.2 Å². The molecule has 0 aliphatic heterocycles. The van der Waals surface area contributed by atoms with Crippen LogP contribution in [0.2, 0.25) is 5.02 Å². The molecule has 0 fully saturated rings. The molecule has 0 radical (unpaired) electrons. The number of pyridine rings is 2. The fraction of sp³-hybridized carbons (Fsp3) is 0.0909. The van der Waals surface area contributed by atoms with Crippen LogP contribution >= 0.6 is 27.5 Å². The number of aromatic nitrogens is 2. The second kappa shape index (κ2) is 5.94.